The number of unbranched alkanes of at least 4 members (excludes halogenated alkanes) is 1. The van der Waals surface area contributed by atoms with Crippen molar-refractivity contribution in [1.82, 2.24) is 0 Å². The number of ketones is 1. The standard InChI is InChI=1S/C7H8Cl4O/c8-4-2-1-3-5(12)6(9)7(10)11/h1-4H2. The zero-order chi connectivity index (χ0) is 9.56. The van der Waals surface area contributed by atoms with Gasteiger partial charge in [-0.05, 0) is 12.8 Å². The summed E-state index contributed by atoms with van der Waals surface area (Å²) in [4.78, 5) is 11.1. The highest BCUT2D eigenvalue weighted by molar-refractivity contribution is 6.62. The molecular weight excluding hydrogens is 242 g/mol. The first-order chi connectivity index (χ1) is 5.59. The van der Waals surface area contributed by atoms with E-state index in [0.717, 1.165) is 6.42 Å². The summed E-state index contributed by atoms with van der Waals surface area (Å²) in [7, 11) is 0. The highest BCUT2D eigenvalue weighted by Crippen LogP contribution is 2.20. The van der Waals surface area contributed by atoms with Crippen LogP contribution in [0.4, 0.5) is 0 Å². The monoisotopic (exact) mass is 248 g/mol. The first-order valence-electron chi connectivity index (χ1n) is 3.39. The van der Waals surface area contributed by atoms with Crippen LogP contribution in [0.1, 0.15) is 19.3 Å². The first kappa shape index (κ1) is 12.6. The molecule has 0 aromatic heterocycles. The zero-order valence-corrected chi connectivity index (χ0v) is 9.27. The Morgan fingerprint density at radius 3 is 2.08 bits per heavy atom. The molecule has 0 saturated heterocycles. The van der Waals surface area contributed by atoms with Crippen LogP contribution in [0.3, 0.4) is 0 Å². The molecule has 70 valence electrons. The van der Waals surface area contributed by atoms with Crippen LogP contribution >= 0.6 is 46.4 Å². The summed E-state index contributed by atoms with van der Waals surface area (Å²) in [5.74, 6) is 0.310. The van der Waals surface area contributed by atoms with Crippen LogP contribution in [0.2, 0.25) is 0 Å². The lowest BCUT2D eigenvalue weighted by Crippen LogP contribution is -1.98. The molecule has 0 rings (SSSR count). The molecule has 1 nitrogen and oxygen atoms in total. The summed E-state index contributed by atoms with van der Waals surface area (Å²) in [5.41, 5.74) is 0. The van der Waals surface area contributed by atoms with E-state index in [1.54, 1.807) is 0 Å². The van der Waals surface area contributed by atoms with Crippen molar-refractivity contribution < 1.29 is 4.79 Å². The molecule has 0 atom stereocenters. The second-order valence-corrected chi connectivity index (χ2v) is 3.85. The molecule has 0 bridgehead atoms. The van der Waals surface area contributed by atoms with Gasteiger partial charge in [-0.3, -0.25) is 4.79 Å². The molecule has 0 amide bonds. The molecule has 0 N–H and O–H groups in total. The van der Waals surface area contributed by atoms with Gasteiger partial charge in [0.05, 0.1) is 0 Å². The number of hydrogen-bond acceptors (Lipinski definition) is 1. The maximum Gasteiger partial charge on any atom is 0.176 e. The first-order valence-corrected chi connectivity index (χ1v) is 5.06. The minimum atomic E-state index is -0.234. The van der Waals surface area contributed by atoms with Gasteiger partial charge in [-0.1, -0.05) is 34.8 Å². The molecule has 0 aliphatic rings. The van der Waals surface area contributed by atoms with Crippen LogP contribution in [-0.4, -0.2) is 11.7 Å². The zero-order valence-electron chi connectivity index (χ0n) is 6.25. The van der Waals surface area contributed by atoms with Crippen molar-refractivity contribution >= 4 is 52.2 Å². The lowest BCUT2D eigenvalue weighted by atomic mass is 10.2. The number of allylic oxidation sites excluding steroid dienone is 1. The smallest absolute Gasteiger partial charge is 0.176 e. The van der Waals surface area contributed by atoms with Gasteiger partial charge in [0.25, 0.3) is 0 Å². The largest absolute Gasteiger partial charge is 0.293 e. The molecule has 0 aliphatic carbocycles. The van der Waals surface area contributed by atoms with Gasteiger partial charge in [0, 0.05) is 12.3 Å². The Bertz CT molecular complexity index is 184. The molecule has 0 aromatic carbocycles. The molecule has 12 heavy (non-hydrogen) atoms. The average molecular weight is 250 g/mol. The van der Waals surface area contributed by atoms with Crippen molar-refractivity contribution in [2.45, 2.75) is 19.3 Å². The third-order valence-electron chi connectivity index (χ3n) is 1.20. The number of carbonyl (C=O) groups excluding carboxylic acids is 1. The molecule has 0 aliphatic heterocycles. The van der Waals surface area contributed by atoms with E-state index in [4.69, 9.17) is 46.4 Å². The Morgan fingerprint density at radius 2 is 1.67 bits per heavy atom. The van der Waals surface area contributed by atoms with E-state index in [9.17, 15) is 4.79 Å². The summed E-state index contributed by atoms with van der Waals surface area (Å²) in [6.45, 7) is 0. The topological polar surface area (TPSA) is 17.1 Å². The molecule has 0 aromatic rings. The minimum Gasteiger partial charge on any atom is -0.293 e. The normalized spacial score (nSPS) is 9.67. The van der Waals surface area contributed by atoms with Gasteiger partial charge in [0.1, 0.15) is 9.52 Å². The van der Waals surface area contributed by atoms with E-state index in [-0.39, 0.29) is 15.3 Å². The van der Waals surface area contributed by atoms with Crippen LogP contribution in [0, 0.1) is 0 Å². The Morgan fingerprint density at radius 1 is 1.08 bits per heavy atom. The molecule has 0 saturated carbocycles. The second-order valence-electron chi connectivity index (χ2n) is 2.14. The number of alkyl halides is 1. The van der Waals surface area contributed by atoms with Crippen molar-refractivity contribution in [1.29, 1.82) is 0 Å². The third-order valence-corrected chi connectivity index (χ3v) is 2.44. The molecule has 0 heterocycles. The van der Waals surface area contributed by atoms with E-state index < -0.39 is 0 Å². The number of halogens is 4. The van der Waals surface area contributed by atoms with Crippen LogP contribution in [0.15, 0.2) is 9.52 Å². The lowest BCUT2D eigenvalue weighted by molar-refractivity contribution is -0.115. The van der Waals surface area contributed by atoms with Crippen molar-refractivity contribution in [2.24, 2.45) is 0 Å². The number of hydrogen-bond donors (Lipinski definition) is 0. The fraction of sp³-hybridized carbons (Fsp3) is 0.571. The van der Waals surface area contributed by atoms with E-state index in [1.807, 2.05) is 0 Å². The van der Waals surface area contributed by atoms with Gasteiger partial charge in [-0.15, -0.1) is 11.6 Å². The van der Waals surface area contributed by atoms with E-state index >= 15 is 0 Å². The van der Waals surface area contributed by atoms with Crippen molar-refractivity contribution in [3.63, 3.8) is 0 Å². The van der Waals surface area contributed by atoms with Gasteiger partial charge < -0.3 is 0 Å². The Balaban J connectivity index is 3.81. The van der Waals surface area contributed by atoms with Gasteiger partial charge >= 0.3 is 0 Å². The lowest BCUT2D eigenvalue weighted by Gasteiger charge is -1.97. The Labute approximate surface area is 91.6 Å². The highest BCUT2D eigenvalue weighted by Gasteiger charge is 2.09. The predicted molar refractivity (Wildman–Crippen MR) is 54.2 cm³/mol. The number of Topliss-reactive ketones (excluding diaryl/α,β-unsaturated/α-hetero) is 1. The van der Waals surface area contributed by atoms with Gasteiger partial charge in [0.2, 0.25) is 0 Å². The average Bonchev–Trinajstić information content (AvgIpc) is 2.03. The van der Waals surface area contributed by atoms with Crippen molar-refractivity contribution in [3.05, 3.63) is 9.52 Å². The maximum atomic E-state index is 11.1. The quantitative estimate of drug-likeness (QED) is 0.411. The predicted octanol–water partition coefficient (Wildman–Crippen LogP) is 3.85. The molecule has 0 unspecified atom stereocenters. The molecule has 0 fully saturated rings. The maximum absolute atomic E-state index is 11.1. The van der Waals surface area contributed by atoms with Crippen LogP contribution < -0.4 is 0 Å². The molecule has 0 spiro atoms. The number of carbonyl (C=O) groups is 1. The van der Waals surface area contributed by atoms with Gasteiger partial charge in [-0.2, -0.15) is 0 Å². The summed E-state index contributed by atoms with van der Waals surface area (Å²) in [6.07, 6.45) is 1.84. The SMILES string of the molecule is O=C(CCCCCl)C(Cl)=C(Cl)Cl. The summed E-state index contributed by atoms with van der Waals surface area (Å²) in [6, 6.07) is 0. The molecule has 0 radical (unpaired) electrons. The molecule has 5 heteroatoms. The van der Waals surface area contributed by atoms with Crippen LogP contribution in [0.25, 0.3) is 0 Å². The fourth-order valence-corrected chi connectivity index (χ4v) is 1.09. The van der Waals surface area contributed by atoms with E-state index in [1.165, 1.54) is 0 Å². The van der Waals surface area contributed by atoms with Crippen LogP contribution in [-0.2, 0) is 4.79 Å². The fourth-order valence-electron chi connectivity index (χ4n) is 0.595. The van der Waals surface area contributed by atoms with Crippen molar-refractivity contribution in [2.75, 3.05) is 5.88 Å². The Hall–Kier alpha value is 0.570. The highest BCUT2D eigenvalue weighted by atomic mass is 35.5. The number of rotatable bonds is 5. The minimum absolute atomic E-state index is 0.0899. The van der Waals surface area contributed by atoms with Gasteiger partial charge in [0.15, 0.2) is 5.78 Å². The van der Waals surface area contributed by atoms with Gasteiger partial charge in [-0.25, -0.2) is 0 Å². The van der Waals surface area contributed by atoms with Crippen molar-refractivity contribution in [3.8, 4) is 0 Å². The van der Waals surface area contributed by atoms with E-state index in [0.29, 0.717) is 18.7 Å². The third kappa shape index (κ3) is 5.26. The molecular formula is C7H8Cl4O. The summed E-state index contributed by atoms with van der Waals surface area (Å²) >= 11 is 21.5. The second kappa shape index (κ2) is 7.02. The summed E-state index contributed by atoms with van der Waals surface area (Å²) < 4.78 is -0.174. The summed E-state index contributed by atoms with van der Waals surface area (Å²) in [5, 5.41) is -0.0899. The Kier molecular flexibility index (Phi) is 7.35. The van der Waals surface area contributed by atoms with Crippen LogP contribution in [0.5, 0.6) is 0 Å². The van der Waals surface area contributed by atoms with E-state index in [2.05, 4.69) is 0 Å².